The quantitative estimate of drug-likeness (QED) is 0.583. The number of carbonyl (C=O) groups is 2. The highest BCUT2D eigenvalue weighted by molar-refractivity contribution is 5.88. The van der Waals surface area contributed by atoms with Gasteiger partial charge in [-0.15, -0.1) is 0 Å². The van der Waals surface area contributed by atoms with Crippen LogP contribution in [0.3, 0.4) is 0 Å². The van der Waals surface area contributed by atoms with Gasteiger partial charge in [0.2, 0.25) is 0 Å². The minimum Gasteiger partial charge on any atom is -0.464 e. The average Bonchev–Trinajstić information content (AvgIpc) is 2.36. The third-order valence-electron chi connectivity index (χ3n) is 1.84. The lowest BCUT2D eigenvalue weighted by Gasteiger charge is -1.99. The summed E-state index contributed by atoms with van der Waals surface area (Å²) in [7, 11) is 1.28. The van der Waals surface area contributed by atoms with Crippen LogP contribution in [0.2, 0.25) is 0 Å². The molecular formula is C12H13NO4. The zero-order chi connectivity index (χ0) is 12.7. The van der Waals surface area contributed by atoms with E-state index in [2.05, 4.69) is 9.72 Å². The van der Waals surface area contributed by atoms with Crippen molar-refractivity contribution in [3.8, 4) is 0 Å². The van der Waals surface area contributed by atoms with E-state index in [1.807, 2.05) is 0 Å². The van der Waals surface area contributed by atoms with E-state index in [4.69, 9.17) is 4.74 Å². The van der Waals surface area contributed by atoms with E-state index >= 15 is 0 Å². The Kier molecular flexibility index (Phi) is 4.87. The van der Waals surface area contributed by atoms with Crippen LogP contribution in [0.25, 0.3) is 6.08 Å². The molecule has 0 fully saturated rings. The molecule has 90 valence electrons. The number of aromatic nitrogens is 1. The normalized spacial score (nSPS) is 10.2. The van der Waals surface area contributed by atoms with Gasteiger partial charge in [-0.25, -0.2) is 14.6 Å². The maximum absolute atomic E-state index is 11.2. The van der Waals surface area contributed by atoms with Gasteiger partial charge >= 0.3 is 11.9 Å². The highest BCUT2D eigenvalue weighted by Crippen LogP contribution is 2.03. The SMILES string of the molecule is CCOC(=O)/C=C/c1cccc(C(=O)OC)n1. The standard InChI is InChI=1S/C12H13NO4/c1-3-17-11(14)8-7-9-5-4-6-10(13-9)12(15)16-2/h4-8H,3H2,1-2H3/b8-7+. The fraction of sp³-hybridized carbons (Fsp3) is 0.250. The van der Waals surface area contributed by atoms with Crippen LogP contribution in [0.15, 0.2) is 24.3 Å². The lowest BCUT2D eigenvalue weighted by molar-refractivity contribution is -0.137. The van der Waals surface area contributed by atoms with Crippen molar-refractivity contribution in [2.24, 2.45) is 0 Å². The molecule has 0 aromatic carbocycles. The maximum atomic E-state index is 11.2. The number of rotatable bonds is 4. The van der Waals surface area contributed by atoms with Gasteiger partial charge in [-0.3, -0.25) is 0 Å². The molecule has 5 nitrogen and oxygen atoms in total. The Morgan fingerprint density at radius 2 is 2.18 bits per heavy atom. The third-order valence-corrected chi connectivity index (χ3v) is 1.84. The number of methoxy groups -OCH3 is 1. The van der Waals surface area contributed by atoms with Crippen molar-refractivity contribution in [3.05, 3.63) is 35.7 Å². The molecule has 1 heterocycles. The summed E-state index contributed by atoms with van der Waals surface area (Å²) in [6.45, 7) is 2.04. The predicted molar refractivity (Wildman–Crippen MR) is 61.2 cm³/mol. The van der Waals surface area contributed by atoms with Gasteiger partial charge in [0.15, 0.2) is 0 Å². The van der Waals surface area contributed by atoms with Crippen LogP contribution in [0.5, 0.6) is 0 Å². The van der Waals surface area contributed by atoms with Crippen LogP contribution in [-0.4, -0.2) is 30.6 Å². The number of hydrogen-bond donors (Lipinski definition) is 0. The number of hydrogen-bond acceptors (Lipinski definition) is 5. The molecule has 0 aliphatic carbocycles. The van der Waals surface area contributed by atoms with Crippen molar-refractivity contribution in [2.75, 3.05) is 13.7 Å². The van der Waals surface area contributed by atoms with Crippen LogP contribution in [0, 0.1) is 0 Å². The molecule has 0 aliphatic rings. The molecule has 17 heavy (non-hydrogen) atoms. The molecule has 0 atom stereocenters. The van der Waals surface area contributed by atoms with Crippen LogP contribution < -0.4 is 0 Å². The summed E-state index contributed by atoms with van der Waals surface area (Å²) in [4.78, 5) is 26.3. The minimum absolute atomic E-state index is 0.193. The molecule has 0 radical (unpaired) electrons. The molecule has 5 heteroatoms. The van der Waals surface area contributed by atoms with Gasteiger partial charge in [0.25, 0.3) is 0 Å². The Hall–Kier alpha value is -2.17. The fourth-order valence-electron chi connectivity index (χ4n) is 1.11. The first-order valence-corrected chi connectivity index (χ1v) is 5.07. The molecule has 0 saturated carbocycles. The van der Waals surface area contributed by atoms with E-state index in [1.54, 1.807) is 19.1 Å². The first kappa shape index (κ1) is 12.9. The highest BCUT2D eigenvalue weighted by Gasteiger charge is 2.06. The molecule has 0 N–H and O–H groups in total. The second-order valence-electron chi connectivity index (χ2n) is 3.02. The molecule has 0 aliphatic heterocycles. The summed E-state index contributed by atoms with van der Waals surface area (Å²) in [6, 6.07) is 4.86. The van der Waals surface area contributed by atoms with Gasteiger partial charge in [-0.05, 0) is 25.1 Å². The average molecular weight is 235 g/mol. The highest BCUT2D eigenvalue weighted by atomic mass is 16.5. The summed E-state index contributed by atoms with van der Waals surface area (Å²) in [5, 5.41) is 0. The Labute approximate surface area is 99.1 Å². The Morgan fingerprint density at radius 3 is 2.82 bits per heavy atom. The lowest BCUT2D eigenvalue weighted by Crippen LogP contribution is -2.04. The van der Waals surface area contributed by atoms with Crippen LogP contribution >= 0.6 is 0 Å². The number of carbonyl (C=O) groups excluding carboxylic acids is 2. The van der Waals surface area contributed by atoms with Crippen molar-refractivity contribution in [2.45, 2.75) is 6.92 Å². The minimum atomic E-state index is -0.517. The smallest absolute Gasteiger partial charge is 0.356 e. The fourth-order valence-corrected chi connectivity index (χ4v) is 1.11. The topological polar surface area (TPSA) is 65.5 Å². The van der Waals surface area contributed by atoms with Crippen LogP contribution in [0.1, 0.15) is 23.1 Å². The van der Waals surface area contributed by atoms with Crippen molar-refractivity contribution in [3.63, 3.8) is 0 Å². The molecule has 0 unspecified atom stereocenters. The molecule has 1 aromatic heterocycles. The molecule has 0 amide bonds. The summed E-state index contributed by atoms with van der Waals surface area (Å²) < 4.78 is 9.26. The second kappa shape index (κ2) is 6.42. The monoisotopic (exact) mass is 235 g/mol. The van der Waals surface area contributed by atoms with E-state index in [9.17, 15) is 9.59 Å². The molecule has 0 spiro atoms. The summed E-state index contributed by atoms with van der Waals surface area (Å²) in [5.41, 5.74) is 0.680. The first-order chi connectivity index (χ1) is 8.17. The van der Waals surface area contributed by atoms with Crippen molar-refractivity contribution >= 4 is 18.0 Å². The predicted octanol–water partition coefficient (Wildman–Crippen LogP) is 1.44. The van der Waals surface area contributed by atoms with E-state index in [-0.39, 0.29) is 5.69 Å². The van der Waals surface area contributed by atoms with Crippen molar-refractivity contribution < 1.29 is 19.1 Å². The number of esters is 2. The maximum Gasteiger partial charge on any atom is 0.356 e. The molecule has 0 saturated heterocycles. The van der Waals surface area contributed by atoms with Gasteiger partial charge in [0.1, 0.15) is 5.69 Å². The van der Waals surface area contributed by atoms with Crippen LogP contribution in [0.4, 0.5) is 0 Å². The number of ether oxygens (including phenoxy) is 2. The van der Waals surface area contributed by atoms with E-state index in [1.165, 1.54) is 25.3 Å². The molecule has 1 aromatic rings. The molecular weight excluding hydrogens is 222 g/mol. The van der Waals surface area contributed by atoms with Gasteiger partial charge < -0.3 is 9.47 Å². The van der Waals surface area contributed by atoms with E-state index < -0.39 is 11.9 Å². The summed E-state index contributed by atoms with van der Waals surface area (Å²) >= 11 is 0. The number of pyridine rings is 1. The van der Waals surface area contributed by atoms with Gasteiger partial charge in [-0.2, -0.15) is 0 Å². The van der Waals surface area contributed by atoms with E-state index in [0.717, 1.165) is 0 Å². The zero-order valence-electron chi connectivity index (χ0n) is 9.67. The van der Waals surface area contributed by atoms with Gasteiger partial charge in [-0.1, -0.05) is 6.07 Å². The Bertz CT molecular complexity index is 440. The summed E-state index contributed by atoms with van der Waals surface area (Å²) in [6.07, 6.45) is 2.73. The third kappa shape index (κ3) is 4.06. The summed E-state index contributed by atoms with van der Waals surface area (Å²) in [5.74, 6) is -0.964. The lowest BCUT2D eigenvalue weighted by atomic mass is 10.3. The Morgan fingerprint density at radius 1 is 1.41 bits per heavy atom. The van der Waals surface area contributed by atoms with Gasteiger partial charge in [0.05, 0.1) is 19.4 Å². The van der Waals surface area contributed by atoms with Crippen LogP contribution in [-0.2, 0) is 14.3 Å². The molecule has 1 rings (SSSR count). The zero-order valence-corrected chi connectivity index (χ0v) is 9.67. The van der Waals surface area contributed by atoms with Crippen molar-refractivity contribution in [1.29, 1.82) is 0 Å². The first-order valence-electron chi connectivity index (χ1n) is 5.07. The van der Waals surface area contributed by atoms with Gasteiger partial charge in [0, 0.05) is 6.08 Å². The van der Waals surface area contributed by atoms with Crippen molar-refractivity contribution in [1.82, 2.24) is 4.98 Å². The van der Waals surface area contributed by atoms with E-state index in [0.29, 0.717) is 12.3 Å². The number of nitrogens with zero attached hydrogens (tertiary/aromatic N) is 1. The second-order valence-corrected chi connectivity index (χ2v) is 3.02. The molecule has 0 bridgehead atoms. The largest absolute Gasteiger partial charge is 0.464 e. The Balaban J connectivity index is 2.78.